The van der Waals surface area contributed by atoms with Gasteiger partial charge in [-0.25, -0.2) is 4.98 Å². The highest BCUT2D eigenvalue weighted by Crippen LogP contribution is 2.27. The van der Waals surface area contributed by atoms with E-state index in [9.17, 15) is 4.79 Å². The Balaban J connectivity index is 1.94. The van der Waals surface area contributed by atoms with Crippen LogP contribution in [-0.4, -0.2) is 16.1 Å². The van der Waals surface area contributed by atoms with E-state index in [2.05, 4.69) is 10.3 Å². The highest BCUT2D eigenvalue weighted by atomic mass is 32.2. The lowest BCUT2D eigenvalue weighted by Gasteiger charge is -2.10. The Kier molecular flexibility index (Phi) is 4.61. The van der Waals surface area contributed by atoms with E-state index in [4.69, 9.17) is 0 Å². The van der Waals surface area contributed by atoms with E-state index in [1.165, 1.54) is 17.3 Å². The summed E-state index contributed by atoms with van der Waals surface area (Å²) < 4.78 is 0.934. The molecule has 0 radical (unpaired) electrons. The predicted octanol–water partition coefficient (Wildman–Crippen LogP) is 3.88. The SMILES string of the molecule is Cc1ccc(NC(=O)[C@@H](C)Sc2nc(C)cs2)cc1. The first-order valence-electron chi connectivity index (χ1n) is 6.01. The Labute approximate surface area is 121 Å². The minimum Gasteiger partial charge on any atom is -0.325 e. The highest BCUT2D eigenvalue weighted by molar-refractivity contribution is 8.02. The van der Waals surface area contributed by atoms with Crippen molar-refractivity contribution in [2.24, 2.45) is 0 Å². The molecule has 0 aliphatic carbocycles. The minimum absolute atomic E-state index is 0.00158. The van der Waals surface area contributed by atoms with E-state index in [-0.39, 0.29) is 11.2 Å². The van der Waals surface area contributed by atoms with Crippen LogP contribution in [0.25, 0.3) is 0 Å². The molecule has 100 valence electrons. The number of anilines is 1. The van der Waals surface area contributed by atoms with Crippen LogP contribution in [0, 0.1) is 13.8 Å². The zero-order valence-electron chi connectivity index (χ0n) is 11.1. The molecule has 0 fully saturated rings. The van der Waals surface area contributed by atoms with E-state index in [1.807, 2.05) is 50.4 Å². The summed E-state index contributed by atoms with van der Waals surface area (Å²) in [4.78, 5) is 16.4. The number of hydrogen-bond donors (Lipinski definition) is 1. The average molecular weight is 292 g/mol. The lowest BCUT2D eigenvalue weighted by Crippen LogP contribution is -2.22. The van der Waals surface area contributed by atoms with Gasteiger partial charge in [0, 0.05) is 16.8 Å². The summed E-state index contributed by atoms with van der Waals surface area (Å²) in [5.74, 6) is 0.00158. The third kappa shape index (κ3) is 4.08. The van der Waals surface area contributed by atoms with E-state index in [0.717, 1.165) is 15.7 Å². The average Bonchev–Trinajstić information content (AvgIpc) is 2.77. The molecule has 2 aromatic rings. The molecule has 1 aromatic carbocycles. The van der Waals surface area contributed by atoms with Gasteiger partial charge in [0.05, 0.1) is 5.25 Å². The van der Waals surface area contributed by atoms with Crippen LogP contribution in [0.1, 0.15) is 18.2 Å². The van der Waals surface area contributed by atoms with Crippen molar-refractivity contribution in [2.45, 2.75) is 30.4 Å². The lowest BCUT2D eigenvalue weighted by atomic mass is 10.2. The molecule has 2 rings (SSSR count). The molecular formula is C14H16N2OS2. The van der Waals surface area contributed by atoms with Gasteiger partial charge in [0.25, 0.3) is 0 Å². The zero-order valence-corrected chi connectivity index (χ0v) is 12.8. The van der Waals surface area contributed by atoms with Gasteiger partial charge in [-0.2, -0.15) is 0 Å². The molecule has 19 heavy (non-hydrogen) atoms. The second-order valence-electron chi connectivity index (χ2n) is 4.37. The van der Waals surface area contributed by atoms with Gasteiger partial charge in [-0.1, -0.05) is 29.5 Å². The van der Waals surface area contributed by atoms with Gasteiger partial charge in [0.15, 0.2) is 4.34 Å². The number of hydrogen-bond acceptors (Lipinski definition) is 4. The maximum Gasteiger partial charge on any atom is 0.237 e. The van der Waals surface area contributed by atoms with Gasteiger partial charge in [-0.15, -0.1) is 11.3 Å². The first-order chi connectivity index (χ1) is 9.04. The van der Waals surface area contributed by atoms with Crippen molar-refractivity contribution in [3.8, 4) is 0 Å². The number of amides is 1. The molecule has 0 aliphatic heterocycles. The summed E-state index contributed by atoms with van der Waals surface area (Å²) >= 11 is 3.07. The minimum atomic E-state index is -0.160. The van der Waals surface area contributed by atoms with Gasteiger partial charge in [-0.3, -0.25) is 4.79 Å². The number of nitrogens with one attached hydrogen (secondary N) is 1. The Morgan fingerprint density at radius 1 is 1.32 bits per heavy atom. The molecular weight excluding hydrogens is 276 g/mol. The summed E-state index contributed by atoms with van der Waals surface area (Å²) in [5, 5.41) is 4.75. The molecule has 5 heteroatoms. The fourth-order valence-corrected chi connectivity index (χ4v) is 3.46. The lowest BCUT2D eigenvalue weighted by molar-refractivity contribution is -0.115. The predicted molar refractivity (Wildman–Crippen MR) is 82.0 cm³/mol. The fraction of sp³-hybridized carbons (Fsp3) is 0.286. The van der Waals surface area contributed by atoms with Gasteiger partial charge in [0.1, 0.15) is 0 Å². The zero-order chi connectivity index (χ0) is 13.8. The Bertz CT molecular complexity index is 563. The number of carbonyl (C=O) groups is 1. The number of aryl methyl sites for hydroxylation is 2. The second kappa shape index (κ2) is 6.21. The van der Waals surface area contributed by atoms with Crippen LogP contribution in [0.5, 0.6) is 0 Å². The van der Waals surface area contributed by atoms with Crippen molar-refractivity contribution in [3.63, 3.8) is 0 Å². The van der Waals surface area contributed by atoms with Gasteiger partial charge in [0.2, 0.25) is 5.91 Å². The number of thiazole rings is 1. The Hall–Kier alpha value is -1.33. The van der Waals surface area contributed by atoms with Gasteiger partial charge >= 0.3 is 0 Å². The molecule has 0 bridgehead atoms. The summed E-state index contributed by atoms with van der Waals surface area (Å²) in [5.41, 5.74) is 3.01. The summed E-state index contributed by atoms with van der Waals surface area (Å²) in [6.07, 6.45) is 0. The van der Waals surface area contributed by atoms with Crippen LogP contribution in [0.15, 0.2) is 34.0 Å². The standard InChI is InChI=1S/C14H16N2OS2/c1-9-4-6-12(7-5-9)16-13(17)11(3)19-14-15-10(2)8-18-14/h4-8,11H,1-3H3,(H,16,17)/t11-/m1/s1. The maximum atomic E-state index is 12.1. The quantitative estimate of drug-likeness (QED) is 0.870. The monoisotopic (exact) mass is 292 g/mol. The van der Waals surface area contributed by atoms with Crippen LogP contribution in [0.3, 0.4) is 0 Å². The topological polar surface area (TPSA) is 42.0 Å². The van der Waals surface area contributed by atoms with Crippen molar-refractivity contribution in [1.82, 2.24) is 4.98 Å². The smallest absolute Gasteiger partial charge is 0.237 e. The Morgan fingerprint density at radius 2 is 2.00 bits per heavy atom. The number of rotatable bonds is 4. The van der Waals surface area contributed by atoms with Crippen LogP contribution >= 0.6 is 23.1 Å². The van der Waals surface area contributed by atoms with Crippen LogP contribution in [0.2, 0.25) is 0 Å². The van der Waals surface area contributed by atoms with Crippen molar-refractivity contribution in [2.75, 3.05) is 5.32 Å². The first kappa shape index (κ1) is 14.1. The summed E-state index contributed by atoms with van der Waals surface area (Å²) in [7, 11) is 0. The van der Waals surface area contributed by atoms with Crippen molar-refractivity contribution in [3.05, 3.63) is 40.9 Å². The summed E-state index contributed by atoms with van der Waals surface area (Å²) in [6, 6.07) is 7.80. The number of carbonyl (C=O) groups excluding carboxylic acids is 1. The number of aromatic nitrogens is 1. The summed E-state index contributed by atoms with van der Waals surface area (Å²) in [6.45, 7) is 5.87. The van der Waals surface area contributed by atoms with E-state index in [1.54, 1.807) is 11.3 Å². The number of thioether (sulfide) groups is 1. The van der Waals surface area contributed by atoms with Gasteiger partial charge < -0.3 is 5.32 Å². The molecule has 0 saturated carbocycles. The third-order valence-electron chi connectivity index (χ3n) is 2.56. The third-order valence-corrected chi connectivity index (χ3v) is 4.75. The van der Waals surface area contributed by atoms with Crippen LogP contribution in [-0.2, 0) is 4.79 Å². The molecule has 0 spiro atoms. The largest absolute Gasteiger partial charge is 0.325 e. The normalized spacial score (nSPS) is 12.2. The fourth-order valence-electron chi connectivity index (χ4n) is 1.47. The molecule has 0 unspecified atom stereocenters. The maximum absolute atomic E-state index is 12.1. The van der Waals surface area contributed by atoms with Crippen LogP contribution < -0.4 is 5.32 Å². The molecule has 3 nitrogen and oxygen atoms in total. The van der Waals surface area contributed by atoms with Crippen molar-refractivity contribution in [1.29, 1.82) is 0 Å². The van der Waals surface area contributed by atoms with E-state index >= 15 is 0 Å². The van der Waals surface area contributed by atoms with E-state index < -0.39 is 0 Å². The number of nitrogens with zero attached hydrogens (tertiary/aromatic N) is 1. The molecule has 1 aromatic heterocycles. The molecule has 1 amide bonds. The molecule has 1 atom stereocenters. The molecule has 1 heterocycles. The molecule has 1 N–H and O–H groups in total. The van der Waals surface area contributed by atoms with Crippen molar-refractivity contribution < 1.29 is 4.79 Å². The highest BCUT2D eigenvalue weighted by Gasteiger charge is 2.16. The van der Waals surface area contributed by atoms with Gasteiger partial charge in [-0.05, 0) is 32.9 Å². The Morgan fingerprint density at radius 3 is 2.58 bits per heavy atom. The number of benzene rings is 1. The van der Waals surface area contributed by atoms with Crippen molar-refractivity contribution >= 4 is 34.7 Å². The first-order valence-corrected chi connectivity index (χ1v) is 7.77. The molecule has 0 aliphatic rings. The second-order valence-corrected chi connectivity index (χ2v) is 6.82. The molecule has 0 saturated heterocycles. The van der Waals surface area contributed by atoms with Crippen LogP contribution in [0.4, 0.5) is 5.69 Å². The van der Waals surface area contributed by atoms with E-state index in [0.29, 0.717) is 0 Å².